The van der Waals surface area contributed by atoms with Crippen LogP contribution >= 0.6 is 0 Å². The molecule has 6 heteroatoms. The van der Waals surface area contributed by atoms with Crippen LogP contribution in [0.4, 0.5) is 0 Å². The fourth-order valence-electron chi connectivity index (χ4n) is 2.99. The van der Waals surface area contributed by atoms with Gasteiger partial charge >= 0.3 is 12.0 Å². The molecule has 0 saturated heterocycles. The van der Waals surface area contributed by atoms with Crippen molar-refractivity contribution in [2.75, 3.05) is 0 Å². The van der Waals surface area contributed by atoms with E-state index in [0.717, 1.165) is 22.5 Å². The lowest BCUT2D eigenvalue weighted by Gasteiger charge is -2.08. The Hall–Kier alpha value is -3.06. The van der Waals surface area contributed by atoms with Crippen LogP contribution in [0.5, 0.6) is 0 Å². The molecule has 0 radical (unpaired) electrons. The molecule has 5 nitrogen and oxygen atoms in total. The largest absolute Gasteiger partial charge is 0.368 e. The second kappa shape index (κ2) is 9.43. The van der Waals surface area contributed by atoms with Crippen molar-refractivity contribution in [3.05, 3.63) is 103 Å². The summed E-state index contributed by atoms with van der Waals surface area (Å²) >= 11 is 0. The Morgan fingerprint density at radius 2 is 1.00 bits per heavy atom. The maximum absolute atomic E-state index is 8.60. The van der Waals surface area contributed by atoms with Crippen LogP contribution in [-0.2, 0) is 0 Å². The van der Waals surface area contributed by atoms with Gasteiger partial charge in [0.05, 0.1) is 26.0 Å². The molecule has 0 spiro atoms. The first kappa shape index (κ1) is 20.7. The Balaban J connectivity index is 0.000000431. The van der Waals surface area contributed by atoms with E-state index in [1.807, 2.05) is 36.4 Å². The molecule has 4 rings (SSSR count). The Labute approximate surface area is 170 Å². The molecule has 1 aromatic heterocycles. The third kappa shape index (κ3) is 5.96. The zero-order chi connectivity index (χ0) is 20.7. The first-order valence-electron chi connectivity index (χ1n) is 8.68. The summed E-state index contributed by atoms with van der Waals surface area (Å²) in [6.07, 6.45) is 1.77. The van der Waals surface area contributed by atoms with Gasteiger partial charge in [-0.3, -0.25) is 0 Å². The number of hydrogen-bond donors (Lipinski definition) is 1. The highest BCUT2D eigenvalue weighted by Crippen LogP contribution is 2.39. The predicted octanol–water partition coefficient (Wildman–Crippen LogP) is 2.44. The highest BCUT2D eigenvalue weighted by atomic mass is 35.7. The van der Waals surface area contributed by atoms with E-state index < -0.39 is 10.2 Å². The van der Waals surface area contributed by atoms with Crippen molar-refractivity contribution in [1.82, 2.24) is 0 Å². The van der Waals surface area contributed by atoms with Crippen molar-refractivity contribution in [2.24, 2.45) is 0 Å². The van der Waals surface area contributed by atoms with E-state index in [9.17, 15) is 0 Å². The van der Waals surface area contributed by atoms with Crippen LogP contribution in [0.3, 0.4) is 0 Å². The van der Waals surface area contributed by atoms with Gasteiger partial charge in [0.1, 0.15) is 0 Å². The summed E-state index contributed by atoms with van der Waals surface area (Å²) in [5, 5.41) is 0. The van der Waals surface area contributed by atoms with Gasteiger partial charge in [0.2, 0.25) is 0 Å². The van der Waals surface area contributed by atoms with Crippen molar-refractivity contribution in [1.29, 1.82) is 0 Å². The van der Waals surface area contributed by atoms with Gasteiger partial charge in [0.15, 0.2) is 0 Å². The van der Waals surface area contributed by atoms with E-state index in [-0.39, 0.29) is 0 Å². The Bertz CT molecular complexity index is 969. The smallest absolute Gasteiger partial charge is 0.215 e. The molecular formula is C23H18ClO5+. The van der Waals surface area contributed by atoms with Crippen LogP contribution in [0.15, 0.2) is 108 Å². The molecule has 0 bridgehead atoms. The molecule has 3 aromatic carbocycles. The molecule has 0 atom stereocenters. The number of halogens is 1. The zero-order valence-corrected chi connectivity index (χ0v) is 16.0. The van der Waals surface area contributed by atoms with Gasteiger partial charge in [-0.05, 0) is 23.3 Å². The molecule has 0 amide bonds. The van der Waals surface area contributed by atoms with Crippen LogP contribution < -0.4 is 14.0 Å². The lowest BCUT2D eigenvalue weighted by Crippen LogP contribution is -2.58. The van der Waals surface area contributed by atoms with E-state index in [1.54, 1.807) is 6.26 Å². The standard InChI is InChI=1S/C23H17O.ClHO4/c1-4-10-18(11-5-1)21-16-17-24-23(20-14-8-3-9-15-20)22(21)19-12-6-2-7-13-19;2-1(3,4)5/h1-17H;(H,2,3,4,5)/q+1;. The minimum absolute atomic E-state index is 0.892. The first-order chi connectivity index (χ1) is 13.9. The van der Waals surface area contributed by atoms with E-state index >= 15 is 0 Å². The number of benzene rings is 3. The van der Waals surface area contributed by atoms with E-state index in [4.69, 9.17) is 23.1 Å². The fraction of sp³-hybridized carbons (Fsp3) is 0. The molecule has 0 aliphatic rings. The normalized spacial score (nSPS) is 10.8. The van der Waals surface area contributed by atoms with Crippen LogP contribution in [0.25, 0.3) is 33.6 Å². The molecule has 0 aliphatic carbocycles. The molecule has 0 fully saturated rings. The summed E-state index contributed by atoms with van der Waals surface area (Å²) in [4.78, 5) is 0. The van der Waals surface area contributed by atoms with Crippen molar-refractivity contribution in [3.8, 4) is 33.6 Å². The van der Waals surface area contributed by atoms with E-state index in [1.165, 1.54) is 11.1 Å². The van der Waals surface area contributed by atoms with Crippen molar-refractivity contribution >= 4 is 0 Å². The quantitative estimate of drug-likeness (QED) is 0.524. The molecular weight excluding hydrogens is 392 g/mol. The van der Waals surface area contributed by atoms with Crippen LogP contribution in [0.2, 0.25) is 0 Å². The van der Waals surface area contributed by atoms with Gasteiger partial charge in [-0.1, -0.05) is 78.9 Å². The highest BCUT2D eigenvalue weighted by Gasteiger charge is 2.23. The fourth-order valence-corrected chi connectivity index (χ4v) is 2.99. The second-order valence-electron chi connectivity index (χ2n) is 6.03. The predicted molar refractivity (Wildman–Crippen MR) is 102 cm³/mol. The number of hydrogen-bond acceptors (Lipinski definition) is 4. The lowest BCUT2D eigenvalue weighted by molar-refractivity contribution is -1.92. The molecule has 1 heterocycles. The maximum atomic E-state index is 8.60. The minimum Gasteiger partial charge on any atom is -0.215 e. The maximum Gasteiger partial charge on any atom is 0.368 e. The lowest BCUT2D eigenvalue weighted by atomic mass is 9.92. The number of rotatable bonds is 3. The van der Waals surface area contributed by atoms with Gasteiger partial charge in [-0.2, -0.15) is 14.0 Å². The molecule has 1 N–H and O–H groups in total. The topological polar surface area (TPSA) is 101 Å². The van der Waals surface area contributed by atoms with Crippen molar-refractivity contribution in [2.45, 2.75) is 0 Å². The Morgan fingerprint density at radius 3 is 1.48 bits per heavy atom. The third-order valence-corrected chi connectivity index (χ3v) is 4.10. The molecule has 146 valence electrons. The Morgan fingerprint density at radius 1 is 0.586 bits per heavy atom. The van der Waals surface area contributed by atoms with Gasteiger partial charge < -0.3 is 0 Å². The van der Waals surface area contributed by atoms with E-state index in [0.29, 0.717) is 0 Å². The minimum atomic E-state index is -4.69. The first-order valence-corrected chi connectivity index (χ1v) is 9.94. The average molecular weight is 410 g/mol. The van der Waals surface area contributed by atoms with E-state index in [2.05, 4.69) is 60.7 Å². The zero-order valence-electron chi connectivity index (χ0n) is 15.3. The van der Waals surface area contributed by atoms with Gasteiger partial charge in [-0.15, -0.1) is 0 Å². The summed E-state index contributed by atoms with van der Waals surface area (Å²) in [6.45, 7) is 0. The molecule has 0 saturated carbocycles. The van der Waals surface area contributed by atoms with Gasteiger partial charge in [0.25, 0.3) is 0 Å². The molecule has 29 heavy (non-hydrogen) atoms. The van der Waals surface area contributed by atoms with Crippen LogP contribution in [0.1, 0.15) is 0 Å². The molecule has 4 aromatic rings. The SMILES string of the molecule is [O-][Cl+3]([O-])([O-])O.c1ccc(-c2cc[o+]c(-c3ccccc3)c2-c2ccccc2)cc1. The van der Waals surface area contributed by atoms with Gasteiger partial charge in [-0.25, -0.2) is 4.42 Å². The monoisotopic (exact) mass is 409 g/mol. The van der Waals surface area contributed by atoms with Gasteiger partial charge in [0, 0.05) is 11.6 Å². The second-order valence-corrected chi connectivity index (χ2v) is 6.82. The molecule has 0 aliphatic heterocycles. The van der Waals surface area contributed by atoms with Crippen LogP contribution in [-0.4, -0.2) is 4.66 Å². The summed E-state index contributed by atoms with van der Waals surface area (Å²) in [6, 6.07) is 33.2. The Kier molecular flexibility index (Phi) is 6.72. The summed E-state index contributed by atoms with van der Waals surface area (Å²) in [7, 11) is -4.69. The average Bonchev–Trinajstić information content (AvgIpc) is 2.74. The summed E-state index contributed by atoms with van der Waals surface area (Å²) in [5.74, 6) is 0.892. The van der Waals surface area contributed by atoms with Crippen molar-refractivity contribution in [3.63, 3.8) is 0 Å². The summed E-state index contributed by atoms with van der Waals surface area (Å²) < 4.78 is 38.7. The highest BCUT2D eigenvalue weighted by molar-refractivity contribution is 5.91. The van der Waals surface area contributed by atoms with Crippen LogP contribution in [0, 0.1) is 10.2 Å². The van der Waals surface area contributed by atoms with Crippen molar-refractivity contribution < 1.29 is 33.3 Å². The summed E-state index contributed by atoms with van der Waals surface area (Å²) in [5.41, 5.74) is 5.71. The third-order valence-electron chi connectivity index (χ3n) is 4.10. The molecule has 0 unspecified atom stereocenters.